The number of urea groups is 1. The van der Waals surface area contributed by atoms with Crippen LogP contribution in [0.5, 0.6) is 0 Å². The van der Waals surface area contributed by atoms with Gasteiger partial charge in [-0.2, -0.15) is 0 Å². The number of anilines is 1. The molecule has 2 heterocycles. The maximum atomic E-state index is 12.3. The van der Waals surface area contributed by atoms with Crippen LogP contribution in [-0.2, 0) is 4.79 Å². The first-order valence-corrected chi connectivity index (χ1v) is 8.71. The molecule has 6 nitrogen and oxygen atoms in total. The van der Waals surface area contributed by atoms with Gasteiger partial charge in [-0.05, 0) is 50.9 Å². The van der Waals surface area contributed by atoms with Crippen molar-refractivity contribution < 1.29 is 9.59 Å². The highest BCUT2D eigenvalue weighted by Crippen LogP contribution is 2.29. The molecule has 130 valence electrons. The number of likely N-dealkylation sites (tertiary alicyclic amines) is 2. The highest BCUT2D eigenvalue weighted by Gasteiger charge is 2.35. The minimum atomic E-state index is -0.207. The van der Waals surface area contributed by atoms with E-state index < -0.39 is 0 Å². The Morgan fingerprint density at radius 2 is 1.96 bits per heavy atom. The van der Waals surface area contributed by atoms with Gasteiger partial charge in [0.05, 0.1) is 6.54 Å². The molecule has 0 bridgehead atoms. The van der Waals surface area contributed by atoms with Crippen LogP contribution in [0, 0.1) is 5.92 Å². The summed E-state index contributed by atoms with van der Waals surface area (Å²) in [4.78, 5) is 28.5. The lowest BCUT2D eigenvalue weighted by molar-refractivity contribution is -0.115. The summed E-state index contributed by atoms with van der Waals surface area (Å²) in [5.74, 6) is 0.350. The topological polar surface area (TPSA) is 64.7 Å². The van der Waals surface area contributed by atoms with E-state index in [-0.39, 0.29) is 18.5 Å². The second kappa shape index (κ2) is 7.66. The average molecular weight is 330 g/mol. The summed E-state index contributed by atoms with van der Waals surface area (Å²) in [5, 5.41) is 5.51. The maximum absolute atomic E-state index is 12.3. The molecule has 3 amide bonds. The van der Waals surface area contributed by atoms with Crippen LogP contribution in [0.25, 0.3) is 0 Å². The van der Waals surface area contributed by atoms with Gasteiger partial charge in [-0.3, -0.25) is 4.79 Å². The van der Waals surface area contributed by atoms with Crippen molar-refractivity contribution in [2.45, 2.75) is 25.3 Å². The second-order valence-electron chi connectivity index (χ2n) is 6.76. The summed E-state index contributed by atoms with van der Waals surface area (Å²) >= 11 is 0. The predicted octanol–water partition coefficient (Wildman–Crippen LogP) is 1.75. The zero-order valence-electron chi connectivity index (χ0n) is 14.2. The molecule has 0 spiro atoms. The van der Waals surface area contributed by atoms with Gasteiger partial charge in [-0.25, -0.2) is 4.79 Å². The number of nitrogens with zero attached hydrogens (tertiary/aromatic N) is 2. The molecule has 1 aromatic carbocycles. The fourth-order valence-electron chi connectivity index (χ4n) is 3.83. The summed E-state index contributed by atoms with van der Waals surface area (Å²) in [6, 6.07) is 9.73. The zero-order chi connectivity index (χ0) is 16.9. The Hall–Kier alpha value is -2.08. The largest absolute Gasteiger partial charge is 0.329 e. The molecule has 0 aliphatic carbocycles. The molecule has 2 atom stereocenters. The molecule has 24 heavy (non-hydrogen) atoms. The predicted molar refractivity (Wildman–Crippen MR) is 93.8 cm³/mol. The van der Waals surface area contributed by atoms with Crippen LogP contribution >= 0.6 is 0 Å². The van der Waals surface area contributed by atoms with Gasteiger partial charge in [0.25, 0.3) is 0 Å². The Morgan fingerprint density at radius 1 is 1.17 bits per heavy atom. The lowest BCUT2D eigenvalue weighted by atomic mass is 9.84. The Labute approximate surface area is 143 Å². The van der Waals surface area contributed by atoms with E-state index in [4.69, 9.17) is 0 Å². The standard InChI is InChI=1S/C18H26N4O2/c1-21-10-5-6-14-13-22(11-9-16(14)21)18(24)19-12-17(23)20-15-7-3-2-4-8-15/h2-4,7-8,14,16H,5-6,9-13H2,1H3,(H,19,24)(H,20,23). The van der Waals surface area contributed by atoms with Crippen LogP contribution in [0.1, 0.15) is 19.3 Å². The van der Waals surface area contributed by atoms with Crippen LogP contribution in [0.2, 0.25) is 0 Å². The number of fused-ring (bicyclic) bond motifs is 1. The number of nitrogens with one attached hydrogen (secondary N) is 2. The number of carbonyl (C=O) groups excluding carboxylic acids is 2. The smallest absolute Gasteiger partial charge is 0.317 e. The number of benzene rings is 1. The average Bonchev–Trinajstić information content (AvgIpc) is 2.60. The van der Waals surface area contributed by atoms with Gasteiger partial charge in [0.2, 0.25) is 5.91 Å². The van der Waals surface area contributed by atoms with Crippen LogP contribution in [0.15, 0.2) is 30.3 Å². The van der Waals surface area contributed by atoms with Crippen LogP contribution in [-0.4, -0.2) is 61.0 Å². The lowest BCUT2D eigenvalue weighted by Gasteiger charge is -2.45. The van der Waals surface area contributed by atoms with E-state index in [9.17, 15) is 9.59 Å². The van der Waals surface area contributed by atoms with Gasteiger partial charge in [0.1, 0.15) is 0 Å². The summed E-state index contributed by atoms with van der Waals surface area (Å²) in [6.07, 6.45) is 3.41. The number of hydrogen-bond donors (Lipinski definition) is 2. The summed E-state index contributed by atoms with van der Waals surface area (Å²) in [6.45, 7) is 2.71. The van der Waals surface area contributed by atoms with Gasteiger partial charge in [-0.15, -0.1) is 0 Å². The van der Waals surface area contributed by atoms with E-state index in [0.717, 1.165) is 31.7 Å². The van der Waals surface area contributed by atoms with Crippen LogP contribution in [0.4, 0.5) is 10.5 Å². The van der Waals surface area contributed by atoms with Gasteiger partial charge in [0.15, 0.2) is 0 Å². The molecule has 0 radical (unpaired) electrons. The van der Waals surface area contributed by atoms with Gasteiger partial charge in [-0.1, -0.05) is 18.2 Å². The minimum absolute atomic E-state index is 0.00176. The van der Waals surface area contributed by atoms with Crippen molar-refractivity contribution >= 4 is 17.6 Å². The molecule has 2 fully saturated rings. The molecule has 0 aromatic heterocycles. The molecule has 2 aliphatic rings. The first-order chi connectivity index (χ1) is 11.6. The highest BCUT2D eigenvalue weighted by atomic mass is 16.2. The third-order valence-electron chi connectivity index (χ3n) is 5.09. The normalized spacial score (nSPS) is 24.1. The fourth-order valence-corrected chi connectivity index (χ4v) is 3.83. The number of piperidine rings is 2. The third kappa shape index (κ3) is 4.06. The van der Waals surface area contributed by atoms with Crippen LogP contribution in [0.3, 0.4) is 0 Å². The van der Waals surface area contributed by atoms with E-state index in [2.05, 4.69) is 22.6 Å². The van der Waals surface area contributed by atoms with E-state index in [0.29, 0.717) is 12.0 Å². The monoisotopic (exact) mass is 330 g/mol. The molecular weight excluding hydrogens is 304 g/mol. The van der Waals surface area contributed by atoms with Crippen molar-refractivity contribution in [3.8, 4) is 0 Å². The quantitative estimate of drug-likeness (QED) is 0.887. The first-order valence-electron chi connectivity index (χ1n) is 8.71. The zero-order valence-corrected chi connectivity index (χ0v) is 14.2. The number of hydrogen-bond acceptors (Lipinski definition) is 3. The van der Waals surface area contributed by atoms with Crippen LogP contribution < -0.4 is 10.6 Å². The van der Waals surface area contributed by atoms with E-state index in [1.807, 2.05) is 35.2 Å². The molecule has 6 heteroatoms. The van der Waals surface area contributed by atoms with Gasteiger partial charge >= 0.3 is 6.03 Å². The van der Waals surface area contributed by atoms with Crippen molar-refractivity contribution in [3.05, 3.63) is 30.3 Å². The first kappa shape index (κ1) is 16.8. The van der Waals surface area contributed by atoms with E-state index >= 15 is 0 Å². The lowest BCUT2D eigenvalue weighted by Crippen LogP contribution is -2.56. The Bertz CT molecular complexity index is 578. The molecule has 3 rings (SSSR count). The number of rotatable bonds is 3. The molecule has 2 aliphatic heterocycles. The van der Waals surface area contributed by atoms with Gasteiger partial charge in [0, 0.05) is 24.8 Å². The highest BCUT2D eigenvalue weighted by molar-refractivity contribution is 5.94. The molecule has 2 saturated heterocycles. The summed E-state index contributed by atoms with van der Waals surface area (Å²) in [5.41, 5.74) is 0.739. The maximum Gasteiger partial charge on any atom is 0.317 e. The number of para-hydroxylation sites is 1. The fraction of sp³-hybridized carbons (Fsp3) is 0.556. The Morgan fingerprint density at radius 3 is 2.75 bits per heavy atom. The van der Waals surface area contributed by atoms with E-state index in [1.165, 1.54) is 12.8 Å². The minimum Gasteiger partial charge on any atom is -0.329 e. The van der Waals surface area contributed by atoms with Crippen molar-refractivity contribution in [3.63, 3.8) is 0 Å². The molecule has 2 N–H and O–H groups in total. The number of amides is 3. The molecular formula is C18H26N4O2. The summed E-state index contributed by atoms with van der Waals surface area (Å²) in [7, 11) is 2.18. The summed E-state index contributed by atoms with van der Waals surface area (Å²) < 4.78 is 0. The van der Waals surface area contributed by atoms with Crippen molar-refractivity contribution in [1.82, 2.24) is 15.1 Å². The van der Waals surface area contributed by atoms with Crippen molar-refractivity contribution in [2.24, 2.45) is 5.92 Å². The van der Waals surface area contributed by atoms with Gasteiger partial charge < -0.3 is 20.4 Å². The molecule has 1 aromatic rings. The van der Waals surface area contributed by atoms with Crippen molar-refractivity contribution in [1.29, 1.82) is 0 Å². The SMILES string of the molecule is CN1CCCC2CN(C(=O)NCC(=O)Nc3ccccc3)CCC21. The molecule has 2 unspecified atom stereocenters. The van der Waals surface area contributed by atoms with Crippen molar-refractivity contribution in [2.75, 3.05) is 38.5 Å². The second-order valence-corrected chi connectivity index (χ2v) is 6.76. The molecule has 0 saturated carbocycles. The number of carbonyl (C=O) groups is 2. The Balaban J connectivity index is 1.44. The Kier molecular flexibility index (Phi) is 5.35. The van der Waals surface area contributed by atoms with E-state index in [1.54, 1.807) is 0 Å². The third-order valence-corrected chi connectivity index (χ3v) is 5.09.